The molecule has 0 aromatic heterocycles. The third-order valence-electron chi connectivity index (χ3n) is 5.76. The number of likely N-dealkylation sites (tertiary alicyclic amines) is 1. The molecule has 0 aliphatic carbocycles. The van der Waals surface area contributed by atoms with Crippen molar-refractivity contribution in [3.05, 3.63) is 29.8 Å². The zero-order valence-electron chi connectivity index (χ0n) is 17.0. The van der Waals surface area contributed by atoms with E-state index >= 15 is 0 Å². The van der Waals surface area contributed by atoms with Gasteiger partial charge in [0.1, 0.15) is 12.3 Å². The Labute approximate surface area is 167 Å². The fourth-order valence-electron chi connectivity index (χ4n) is 4.09. The van der Waals surface area contributed by atoms with Crippen LogP contribution in [0.25, 0.3) is 0 Å². The fourth-order valence-corrected chi connectivity index (χ4v) is 4.09. The Morgan fingerprint density at radius 2 is 1.89 bits per heavy atom. The molecule has 1 N–H and O–H groups in total. The number of methoxy groups -OCH3 is 1. The molecule has 2 saturated heterocycles. The van der Waals surface area contributed by atoms with Crippen LogP contribution in [0.1, 0.15) is 30.1 Å². The van der Waals surface area contributed by atoms with Crippen molar-refractivity contribution < 1.29 is 14.3 Å². The molecule has 1 aromatic carbocycles. The quantitative estimate of drug-likeness (QED) is 0.757. The van der Waals surface area contributed by atoms with E-state index in [1.807, 2.05) is 4.90 Å². The van der Waals surface area contributed by atoms with E-state index in [1.165, 1.54) is 0 Å². The molecule has 1 unspecified atom stereocenters. The first-order valence-corrected chi connectivity index (χ1v) is 10.3. The maximum atomic E-state index is 13.2. The van der Waals surface area contributed by atoms with Gasteiger partial charge in [-0.05, 0) is 50.2 Å². The number of benzene rings is 1. The number of nitrogens with one attached hydrogen (secondary N) is 1. The predicted molar refractivity (Wildman–Crippen MR) is 109 cm³/mol. The zero-order valence-corrected chi connectivity index (χ0v) is 17.0. The summed E-state index contributed by atoms with van der Waals surface area (Å²) in [5.74, 6) is 0.659. The summed E-state index contributed by atoms with van der Waals surface area (Å²) >= 11 is 0. The third-order valence-corrected chi connectivity index (χ3v) is 5.76. The third kappa shape index (κ3) is 5.02. The molecule has 2 amide bonds. The van der Waals surface area contributed by atoms with Crippen molar-refractivity contribution in [2.24, 2.45) is 0 Å². The van der Waals surface area contributed by atoms with E-state index in [9.17, 15) is 9.59 Å². The Kier molecular flexibility index (Phi) is 7.28. The molecule has 1 atom stereocenters. The van der Waals surface area contributed by atoms with Crippen LogP contribution in [-0.2, 0) is 4.79 Å². The molecule has 0 bridgehead atoms. The summed E-state index contributed by atoms with van der Waals surface area (Å²) in [4.78, 5) is 32.1. The summed E-state index contributed by atoms with van der Waals surface area (Å²) in [7, 11) is 1.61. The van der Waals surface area contributed by atoms with Crippen LogP contribution < -0.4 is 10.1 Å². The van der Waals surface area contributed by atoms with Gasteiger partial charge in [-0.1, -0.05) is 6.92 Å². The maximum absolute atomic E-state index is 13.2. The predicted octanol–water partition coefficient (Wildman–Crippen LogP) is 1.05. The highest BCUT2D eigenvalue weighted by atomic mass is 16.5. The van der Waals surface area contributed by atoms with Crippen LogP contribution >= 0.6 is 0 Å². The van der Waals surface area contributed by atoms with Gasteiger partial charge in [-0.15, -0.1) is 0 Å². The Bertz CT molecular complexity index is 658. The zero-order chi connectivity index (χ0) is 19.9. The number of hydrogen-bond acceptors (Lipinski definition) is 5. The molecule has 0 spiro atoms. The summed E-state index contributed by atoms with van der Waals surface area (Å²) in [6, 6.07) is 7.45. The van der Waals surface area contributed by atoms with Crippen molar-refractivity contribution in [2.75, 3.05) is 59.5 Å². The average Bonchev–Trinajstić information content (AvgIpc) is 3.20. The normalized spacial score (nSPS) is 20.2. The van der Waals surface area contributed by atoms with E-state index in [-0.39, 0.29) is 18.4 Å². The van der Waals surface area contributed by atoms with Gasteiger partial charge in [-0.2, -0.15) is 0 Å². The number of carbonyl (C=O) groups is 2. The minimum Gasteiger partial charge on any atom is -0.497 e. The fraction of sp³-hybridized carbons (Fsp3) is 0.619. The van der Waals surface area contributed by atoms with Gasteiger partial charge >= 0.3 is 0 Å². The maximum Gasteiger partial charge on any atom is 0.254 e. The minimum absolute atomic E-state index is 0.0319. The smallest absolute Gasteiger partial charge is 0.254 e. The molecule has 0 saturated carbocycles. The van der Waals surface area contributed by atoms with Crippen LogP contribution in [-0.4, -0.2) is 92.0 Å². The number of ether oxygens (including phenoxy) is 1. The van der Waals surface area contributed by atoms with E-state index < -0.39 is 0 Å². The molecule has 28 heavy (non-hydrogen) atoms. The van der Waals surface area contributed by atoms with Gasteiger partial charge in [0.05, 0.1) is 7.11 Å². The molecule has 2 heterocycles. The van der Waals surface area contributed by atoms with Crippen LogP contribution in [0.5, 0.6) is 5.75 Å². The van der Waals surface area contributed by atoms with Crippen molar-refractivity contribution in [3.8, 4) is 5.75 Å². The highest BCUT2D eigenvalue weighted by Crippen LogP contribution is 2.20. The topological polar surface area (TPSA) is 65.1 Å². The van der Waals surface area contributed by atoms with Gasteiger partial charge < -0.3 is 19.9 Å². The first-order valence-electron chi connectivity index (χ1n) is 10.3. The lowest BCUT2D eigenvalue weighted by Gasteiger charge is -2.33. The average molecular weight is 389 g/mol. The van der Waals surface area contributed by atoms with Gasteiger partial charge in [0.2, 0.25) is 5.91 Å². The van der Waals surface area contributed by atoms with Crippen LogP contribution in [0.15, 0.2) is 24.3 Å². The number of amides is 2. The number of piperazine rings is 1. The van der Waals surface area contributed by atoms with Crippen LogP contribution in [0.4, 0.5) is 0 Å². The second-order valence-corrected chi connectivity index (χ2v) is 7.47. The number of rotatable bonds is 7. The van der Waals surface area contributed by atoms with Crippen LogP contribution in [0, 0.1) is 0 Å². The second-order valence-electron chi connectivity index (χ2n) is 7.47. The standard InChI is InChI=1S/C21H32N4O3/c1-3-23-12-4-5-18(23)15-25(16-20(26)24-13-10-22-11-14-24)21(27)17-6-8-19(28-2)9-7-17/h6-9,18,22H,3-5,10-16H2,1-2H3. The summed E-state index contributed by atoms with van der Waals surface area (Å²) < 4.78 is 5.19. The Balaban J connectivity index is 1.74. The summed E-state index contributed by atoms with van der Waals surface area (Å²) in [6.45, 7) is 7.95. The first-order chi connectivity index (χ1) is 13.6. The monoisotopic (exact) mass is 388 g/mol. The van der Waals surface area contributed by atoms with E-state index in [0.29, 0.717) is 37.0 Å². The summed E-state index contributed by atoms with van der Waals surface area (Å²) in [5, 5.41) is 3.26. The number of carbonyl (C=O) groups excluding carboxylic acids is 2. The van der Waals surface area contributed by atoms with Gasteiger partial charge in [0.25, 0.3) is 5.91 Å². The van der Waals surface area contributed by atoms with Crippen LogP contribution in [0.2, 0.25) is 0 Å². The molecule has 2 aliphatic heterocycles. The molecule has 2 fully saturated rings. The lowest BCUT2D eigenvalue weighted by Crippen LogP contribution is -2.52. The Morgan fingerprint density at radius 1 is 1.18 bits per heavy atom. The van der Waals surface area contributed by atoms with Gasteiger partial charge in [-0.25, -0.2) is 0 Å². The van der Waals surface area contributed by atoms with Gasteiger partial charge in [0.15, 0.2) is 0 Å². The second kappa shape index (κ2) is 9.89. The largest absolute Gasteiger partial charge is 0.497 e. The molecular formula is C21H32N4O3. The molecule has 7 nitrogen and oxygen atoms in total. The lowest BCUT2D eigenvalue weighted by molar-refractivity contribution is -0.132. The van der Waals surface area contributed by atoms with Crippen molar-refractivity contribution >= 4 is 11.8 Å². The van der Waals surface area contributed by atoms with Crippen LogP contribution in [0.3, 0.4) is 0 Å². The molecule has 7 heteroatoms. The van der Waals surface area contributed by atoms with E-state index in [1.54, 1.807) is 36.3 Å². The molecule has 1 aromatic rings. The molecule has 0 radical (unpaired) electrons. The number of likely N-dealkylation sites (N-methyl/N-ethyl adjacent to an activating group) is 1. The van der Waals surface area contributed by atoms with Crippen molar-refractivity contribution in [2.45, 2.75) is 25.8 Å². The van der Waals surface area contributed by atoms with E-state index in [0.717, 1.165) is 39.0 Å². The molecule has 3 rings (SSSR count). The van der Waals surface area contributed by atoms with Gasteiger partial charge in [0, 0.05) is 44.3 Å². The van der Waals surface area contributed by atoms with Crippen molar-refractivity contribution in [3.63, 3.8) is 0 Å². The highest BCUT2D eigenvalue weighted by molar-refractivity contribution is 5.96. The summed E-state index contributed by atoms with van der Waals surface area (Å²) in [6.07, 6.45) is 2.22. The molecule has 154 valence electrons. The Morgan fingerprint density at radius 3 is 2.54 bits per heavy atom. The Hall–Kier alpha value is -2.12. The molecule has 2 aliphatic rings. The van der Waals surface area contributed by atoms with Crippen molar-refractivity contribution in [1.82, 2.24) is 20.0 Å². The number of nitrogens with zero attached hydrogens (tertiary/aromatic N) is 3. The lowest BCUT2D eigenvalue weighted by atomic mass is 10.1. The molecular weight excluding hydrogens is 356 g/mol. The summed E-state index contributed by atoms with van der Waals surface area (Å²) in [5.41, 5.74) is 0.593. The highest BCUT2D eigenvalue weighted by Gasteiger charge is 2.30. The number of hydrogen-bond donors (Lipinski definition) is 1. The SMILES string of the molecule is CCN1CCCC1CN(CC(=O)N1CCNCC1)C(=O)c1ccc(OC)cc1. The van der Waals surface area contributed by atoms with Gasteiger partial charge in [-0.3, -0.25) is 14.5 Å². The minimum atomic E-state index is -0.0888. The van der Waals surface area contributed by atoms with Crippen molar-refractivity contribution in [1.29, 1.82) is 0 Å². The van der Waals surface area contributed by atoms with E-state index in [2.05, 4.69) is 17.1 Å². The van der Waals surface area contributed by atoms with E-state index in [4.69, 9.17) is 4.74 Å². The first kappa shape index (κ1) is 20.6.